The molecule has 1 aromatic rings. The molecule has 3 heteroatoms. The van der Waals surface area contributed by atoms with Crippen molar-refractivity contribution in [1.29, 1.82) is 0 Å². The van der Waals surface area contributed by atoms with E-state index in [-0.39, 0.29) is 6.61 Å². The van der Waals surface area contributed by atoms with Gasteiger partial charge in [0.1, 0.15) is 0 Å². The van der Waals surface area contributed by atoms with E-state index in [2.05, 4.69) is 9.55 Å². The number of rotatable bonds is 2. The van der Waals surface area contributed by atoms with E-state index in [1.165, 1.54) is 18.5 Å². The van der Waals surface area contributed by atoms with Gasteiger partial charge in [0.25, 0.3) is 0 Å². The molecule has 0 atom stereocenters. The van der Waals surface area contributed by atoms with Crippen molar-refractivity contribution in [3.63, 3.8) is 0 Å². The van der Waals surface area contributed by atoms with Crippen molar-refractivity contribution >= 4 is 0 Å². The molecular weight excluding hydrogens is 152 g/mol. The minimum Gasteiger partial charge on any atom is -0.396 e. The molecule has 2 heterocycles. The first-order valence-corrected chi connectivity index (χ1v) is 4.55. The summed E-state index contributed by atoms with van der Waals surface area (Å²) in [6.45, 7) is 1.32. The van der Waals surface area contributed by atoms with Crippen LogP contribution in [0.3, 0.4) is 0 Å². The van der Waals surface area contributed by atoms with Crippen molar-refractivity contribution in [2.45, 2.75) is 32.2 Å². The van der Waals surface area contributed by atoms with Gasteiger partial charge in [0.2, 0.25) is 0 Å². The molecule has 2 rings (SSSR count). The summed E-state index contributed by atoms with van der Waals surface area (Å²) in [5.74, 6) is 0. The molecule has 1 aliphatic rings. The van der Waals surface area contributed by atoms with Crippen molar-refractivity contribution in [1.82, 2.24) is 9.55 Å². The monoisotopic (exact) mass is 166 g/mol. The summed E-state index contributed by atoms with van der Waals surface area (Å²) >= 11 is 0. The van der Waals surface area contributed by atoms with Crippen LogP contribution in [0.4, 0.5) is 0 Å². The molecule has 0 saturated carbocycles. The molecule has 0 saturated heterocycles. The quantitative estimate of drug-likeness (QED) is 0.704. The predicted octanol–water partition coefficient (Wildman–Crippen LogP) is 0.754. The van der Waals surface area contributed by atoms with E-state index in [4.69, 9.17) is 5.11 Å². The van der Waals surface area contributed by atoms with Crippen LogP contribution in [0.1, 0.15) is 24.2 Å². The number of hydrogen-bond donors (Lipinski definition) is 1. The van der Waals surface area contributed by atoms with Crippen LogP contribution >= 0.6 is 0 Å². The number of aryl methyl sites for hydroxylation is 1. The van der Waals surface area contributed by atoms with Crippen LogP contribution in [0.25, 0.3) is 0 Å². The van der Waals surface area contributed by atoms with E-state index < -0.39 is 0 Å². The highest BCUT2D eigenvalue weighted by Gasteiger charge is 2.13. The van der Waals surface area contributed by atoms with Crippen molar-refractivity contribution in [3.8, 4) is 0 Å². The number of aliphatic hydroxyl groups excluding tert-OH is 1. The number of imidazole rings is 1. The van der Waals surface area contributed by atoms with E-state index in [0.29, 0.717) is 6.42 Å². The lowest BCUT2D eigenvalue weighted by Gasteiger charge is -2.14. The normalized spacial score (nSPS) is 16.1. The number of aromatic nitrogens is 2. The van der Waals surface area contributed by atoms with E-state index in [1.54, 1.807) is 0 Å². The summed E-state index contributed by atoms with van der Waals surface area (Å²) in [6, 6.07) is 0. The van der Waals surface area contributed by atoms with Crippen molar-refractivity contribution in [3.05, 3.63) is 17.7 Å². The number of hydrogen-bond acceptors (Lipinski definition) is 2. The molecule has 0 spiro atoms. The molecule has 0 aliphatic carbocycles. The van der Waals surface area contributed by atoms with E-state index in [0.717, 1.165) is 18.7 Å². The third-order valence-electron chi connectivity index (χ3n) is 2.44. The minimum absolute atomic E-state index is 0.212. The maximum absolute atomic E-state index is 8.79. The first-order valence-electron chi connectivity index (χ1n) is 4.55. The van der Waals surface area contributed by atoms with Crippen molar-refractivity contribution < 1.29 is 5.11 Å². The predicted molar refractivity (Wildman–Crippen MR) is 46.0 cm³/mol. The highest BCUT2D eigenvalue weighted by atomic mass is 16.3. The van der Waals surface area contributed by atoms with Gasteiger partial charge < -0.3 is 9.67 Å². The largest absolute Gasteiger partial charge is 0.396 e. The Morgan fingerprint density at radius 2 is 2.42 bits per heavy atom. The first kappa shape index (κ1) is 7.80. The SMILES string of the molecule is OCCc1ncn2c1CCCC2. The van der Waals surface area contributed by atoms with Crippen LogP contribution in [0.2, 0.25) is 0 Å². The fourth-order valence-electron chi connectivity index (χ4n) is 1.82. The van der Waals surface area contributed by atoms with Gasteiger partial charge in [0.15, 0.2) is 0 Å². The van der Waals surface area contributed by atoms with E-state index >= 15 is 0 Å². The molecule has 1 N–H and O–H groups in total. The summed E-state index contributed by atoms with van der Waals surface area (Å²) in [6.07, 6.45) is 6.28. The Morgan fingerprint density at radius 1 is 1.50 bits per heavy atom. The summed E-state index contributed by atoms with van der Waals surface area (Å²) in [5, 5.41) is 8.79. The molecule has 66 valence electrons. The van der Waals surface area contributed by atoms with Crippen LogP contribution in [0.15, 0.2) is 6.33 Å². The van der Waals surface area contributed by atoms with Crippen LogP contribution in [0, 0.1) is 0 Å². The molecule has 12 heavy (non-hydrogen) atoms. The molecule has 1 aliphatic heterocycles. The molecule has 0 unspecified atom stereocenters. The average Bonchev–Trinajstić information content (AvgIpc) is 2.50. The topological polar surface area (TPSA) is 38.1 Å². The summed E-state index contributed by atoms with van der Waals surface area (Å²) in [5.41, 5.74) is 2.44. The summed E-state index contributed by atoms with van der Waals surface area (Å²) in [7, 11) is 0. The molecule has 0 fully saturated rings. The van der Waals surface area contributed by atoms with Gasteiger partial charge in [-0.2, -0.15) is 0 Å². The smallest absolute Gasteiger partial charge is 0.0951 e. The van der Waals surface area contributed by atoms with Gasteiger partial charge in [-0.25, -0.2) is 4.98 Å². The Labute approximate surface area is 72.0 Å². The Kier molecular flexibility index (Phi) is 2.13. The van der Waals surface area contributed by atoms with Crippen LogP contribution in [0.5, 0.6) is 0 Å². The fraction of sp³-hybridized carbons (Fsp3) is 0.667. The van der Waals surface area contributed by atoms with Crippen LogP contribution < -0.4 is 0 Å². The van der Waals surface area contributed by atoms with Gasteiger partial charge in [0, 0.05) is 25.3 Å². The zero-order valence-corrected chi connectivity index (χ0v) is 7.16. The zero-order valence-electron chi connectivity index (χ0n) is 7.16. The van der Waals surface area contributed by atoms with Crippen LogP contribution in [-0.4, -0.2) is 21.3 Å². The Bertz CT molecular complexity index is 267. The van der Waals surface area contributed by atoms with Gasteiger partial charge in [-0.15, -0.1) is 0 Å². The van der Waals surface area contributed by atoms with Crippen LogP contribution in [-0.2, 0) is 19.4 Å². The lowest BCUT2D eigenvalue weighted by Crippen LogP contribution is -2.10. The Balaban J connectivity index is 2.25. The lowest BCUT2D eigenvalue weighted by atomic mass is 10.1. The summed E-state index contributed by atoms with van der Waals surface area (Å²) < 4.78 is 2.22. The number of fused-ring (bicyclic) bond motifs is 1. The molecule has 0 bridgehead atoms. The van der Waals surface area contributed by atoms with E-state index in [1.807, 2.05) is 6.33 Å². The fourth-order valence-corrected chi connectivity index (χ4v) is 1.82. The molecule has 0 amide bonds. The van der Waals surface area contributed by atoms with Gasteiger partial charge >= 0.3 is 0 Å². The Morgan fingerprint density at radius 3 is 3.25 bits per heavy atom. The second-order valence-corrected chi connectivity index (χ2v) is 3.26. The summed E-state index contributed by atoms with van der Waals surface area (Å²) in [4.78, 5) is 4.29. The molecule has 1 aromatic heterocycles. The van der Waals surface area contributed by atoms with Gasteiger partial charge in [-0.05, 0) is 19.3 Å². The number of nitrogens with zero attached hydrogens (tertiary/aromatic N) is 2. The van der Waals surface area contributed by atoms with Crippen molar-refractivity contribution in [2.75, 3.05) is 6.61 Å². The molecular formula is C9H14N2O. The maximum atomic E-state index is 8.79. The second-order valence-electron chi connectivity index (χ2n) is 3.26. The Hall–Kier alpha value is -0.830. The zero-order chi connectivity index (χ0) is 8.39. The van der Waals surface area contributed by atoms with Gasteiger partial charge in [-0.3, -0.25) is 0 Å². The standard InChI is InChI=1S/C9H14N2O/c12-6-4-8-9-3-1-2-5-11(9)7-10-8/h7,12H,1-6H2. The highest BCUT2D eigenvalue weighted by molar-refractivity contribution is 5.15. The second kappa shape index (κ2) is 3.27. The third kappa shape index (κ3) is 1.25. The lowest BCUT2D eigenvalue weighted by molar-refractivity contribution is 0.297. The molecule has 0 aromatic carbocycles. The highest BCUT2D eigenvalue weighted by Crippen LogP contribution is 2.17. The first-order chi connectivity index (χ1) is 5.92. The van der Waals surface area contributed by atoms with Crippen molar-refractivity contribution in [2.24, 2.45) is 0 Å². The average molecular weight is 166 g/mol. The molecule has 0 radical (unpaired) electrons. The van der Waals surface area contributed by atoms with E-state index in [9.17, 15) is 0 Å². The third-order valence-corrected chi connectivity index (χ3v) is 2.44. The maximum Gasteiger partial charge on any atom is 0.0951 e. The number of aliphatic hydroxyl groups is 1. The minimum atomic E-state index is 0.212. The van der Waals surface area contributed by atoms with Gasteiger partial charge in [-0.1, -0.05) is 0 Å². The van der Waals surface area contributed by atoms with Gasteiger partial charge in [0.05, 0.1) is 12.0 Å². The molecule has 3 nitrogen and oxygen atoms in total.